The Morgan fingerprint density at radius 2 is 1.93 bits per heavy atom. The van der Waals surface area contributed by atoms with E-state index in [1.165, 1.54) is 11.1 Å². The molecule has 0 N–H and O–H groups in total. The minimum atomic E-state index is 0.00109. The number of hydrogen-bond donors (Lipinski definition) is 0. The Labute approximate surface area is 169 Å². The number of thiazole rings is 1. The molecule has 142 valence electrons. The number of nitrogens with zero attached hydrogens (tertiary/aromatic N) is 3. The minimum absolute atomic E-state index is 0.00109. The summed E-state index contributed by atoms with van der Waals surface area (Å²) in [7, 11) is 4.03. The second kappa shape index (κ2) is 8.42. The number of aryl methyl sites for hydroxylation is 2. The van der Waals surface area contributed by atoms with E-state index in [9.17, 15) is 4.79 Å². The van der Waals surface area contributed by atoms with Gasteiger partial charge in [0.2, 0.25) is 0 Å². The van der Waals surface area contributed by atoms with Crippen molar-refractivity contribution in [3.63, 3.8) is 0 Å². The van der Waals surface area contributed by atoms with Gasteiger partial charge in [-0.15, -0.1) is 11.8 Å². The van der Waals surface area contributed by atoms with Gasteiger partial charge >= 0.3 is 0 Å². The summed E-state index contributed by atoms with van der Waals surface area (Å²) in [4.78, 5) is 23.1. The highest BCUT2D eigenvalue weighted by Crippen LogP contribution is 2.33. The fraction of sp³-hybridized carbons (Fsp3) is 0.333. The van der Waals surface area contributed by atoms with Crippen LogP contribution in [0.3, 0.4) is 0 Å². The zero-order valence-corrected chi connectivity index (χ0v) is 18.1. The van der Waals surface area contributed by atoms with E-state index >= 15 is 0 Å². The predicted octanol–water partition coefficient (Wildman–Crippen LogP) is 4.84. The second-order valence-electron chi connectivity index (χ2n) is 6.92. The van der Waals surface area contributed by atoms with Crippen molar-refractivity contribution in [2.75, 3.05) is 38.3 Å². The Balaban J connectivity index is 2.02. The van der Waals surface area contributed by atoms with Gasteiger partial charge in [0.15, 0.2) is 5.13 Å². The molecule has 0 spiro atoms. The van der Waals surface area contributed by atoms with E-state index in [-0.39, 0.29) is 5.91 Å². The van der Waals surface area contributed by atoms with Gasteiger partial charge in [-0.2, -0.15) is 0 Å². The molecule has 6 heteroatoms. The molecule has 1 amide bonds. The number of likely N-dealkylation sites (N-methyl/N-ethyl adjacent to an activating group) is 1. The van der Waals surface area contributed by atoms with Crippen LogP contribution in [-0.4, -0.2) is 49.2 Å². The number of anilines is 1. The molecule has 0 bridgehead atoms. The zero-order chi connectivity index (χ0) is 19.6. The molecule has 0 aliphatic heterocycles. The van der Waals surface area contributed by atoms with Gasteiger partial charge in [-0.05, 0) is 69.6 Å². The normalized spacial score (nSPS) is 11.3. The number of thioether (sulfide) groups is 1. The highest BCUT2D eigenvalue weighted by molar-refractivity contribution is 7.98. The average molecular weight is 400 g/mol. The molecule has 0 aliphatic carbocycles. The summed E-state index contributed by atoms with van der Waals surface area (Å²) in [5.41, 5.74) is 4.06. The van der Waals surface area contributed by atoms with E-state index in [1.54, 1.807) is 23.1 Å². The molecule has 4 nitrogen and oxygen atoms in total. The van der Waals surface area contributed by atoms with Crippen LogP contribution in [0.25, 0.3) is 10.2 Å². The predicted molar refractivity (Wildman–Crippen MR) is 118 cm³/mol. The average Bonchev–Trinajstić information content (AvgIpc) is 3.05. The SMILES string of the molecule is CSc1cccc(C(=O)N(CCN(C)C)c2nc3cc(C)cc(C)c3s2)c1. The van der Waals surface area contributed by atoms with Crippen LogP contribution in [0.5, 0.6) is 0 Å². The number of rotatable bonds is 6. The van der Waals surface area contributed by atoms with Crippen molar-refractivity contribution in [2.45, 2.75) is 18.7 Å². The van der Waals surface area contributed by atoms with Crippen molar-refractivity contribution in [1.29, 1.82) is 0 Å². The van der Waals surface area contributed by atoms with E-state index in [0.717, 1.165) is 26.8 Å². The number of carbonyl (C=O) groups excluding carboxylic acids is 1. The number of aromatic nitrogens is 1. The van der Waals surface area contributed by atoms with Crippen molar-refractivity contribution in [2.24, 2.45) is 0 Å². The molecule has 0 saturated carbocycles. The summed E-state index contributed by atoms with van der Waals surface area (Å²) < 4.78 is 1.15. The zero-order valence-electron chi connectivity index (χ0n) is 16.4. The monoisotopic (exact) mass is 399 g/mol. The summed E-state index contributed by atoms with van der Waals surface area (Å²) in [5, 5.41) is 0.764. The van der Waals surface area contributed by atoms with E-state index in [2.05, 4.69) is 30.9 Å². The lowest BCUT2D eigenvalue weighted by molar-refractivity contribution is 0.0985. The van der Waals surface area contributed by atoms with Crippen LogP contribution in [0.2, 0.25) is 0 Å². The van der Waals surface area contributed by atoms with Gasteiger partial charge in [-0.1, -0.05) is 23.5 Å². The van der Waals surface area contributed by atoms with Crippen LogP contribution in [0.1, 0.15) is 21.5 Å². The molecular formula is C21H25N3OS2. The molecule has 1 heterocycles. The van der Waals surface area contributed by atoms with Crippen molar-refractivity contribution < 1.29 is 4.79 Å². The smallest absolute Gasteiger partial charge is 0.260 e. The fourth-order valence-corrected chi connectivity index (χ4v) is 4.48. The third-order valence-corrected chi connectivity index (χ3v) is 6.33. The second-order valence-corrected chi connectivity index (χ2v) is 8.78. The maximum atomic E-state index is 13.3. The first-order valence-corrected chi connectivity index (χ1v) is 10.9. The van der Waals surface area contributed by atoms with Gasteiger partial charge in [-0.3, -0.25) is 9.69 Å². The Morgan fingerprint density at radius 1 is 1.15 bits per heavy atom. The van der Waals surface area contributed by atoms with Gasteiger partial charge in [-0.25, -0.2) is 4.98 Å². The van der Waals surface area contributed by atoms with Crippen LogP contribution in [0.15, 0.2) is 41.3 Å². The molecule has 0 atom stereocenters. The van der Waals surface area contributed by atoms with Gasteiger partial charge < -0.3 is 4.90 Å². The lowest BCUT2D eigenvalue weighted by Gasteiger charge is -2.22. The van der Waals surface area contributed by atoms with Gasteiger partial charge in [0, 0.05) is 23.5 Å². The molecule has 0 radical (unpaired) electrons. The lowest BCUT2D eigenvalue weighted by atomic mass is 10.1. The first-order chi connectivity index (χ1) is 12.9. The maximum Gasteiger partial charge on any atom is 0.260 e. The van der Waals surface area contributed by atoms with Gasteiger partial charge in [0.1, 0.15) is 0 Å². The molecule has 3 aromatic rings. The summed E-state index contributed by atoms with van der Waals surface area (Å²) >= 11 is 3.24. The molecule has 27 heavy (non-hydrogen) atoms. The Hall–Kier alpha value is -1.89. The van der Waals surface area contributed by atoms with Gasteiger partial charge in [0.05, 0.1) is 10.2 Å². The van der Waals surface area contributed by atoms with Crippen LogP contribution in [0.4, 0.5) is 5.13 Å². The van der Waals surface area contributed by atoms with Crippen LogP contribution < -0.4 is 4.90 Å². The number of carbonyl (C=O) groups is 1. The topological polar surface area (TPSA) is 36.4 Å². The first kappa shape index (κ1) is 19.9. The van der Waals surface area contributed by atoms with E-state index in [4.69, 9.17) is 4.98 Å². The highest BCUT2D eigenvalue weighted by Gasteiger charge is 2.22. The Kier molecular flexibility index (Phi) is 6.19. The van der Waals surface area contributed by atoms with Crippen molar-refractivity contribution >= 4 is 44.4 Å². The van der Waals surface area contributed by atoms with Gasteiger partial charge in [0.25, 0.3) is 5.91 Å². The third kappa shape index (κ3) is 4.51. The largest absolute Gasteiger partial charge is 0.308 e. The van der Waals surface area contributed by atoms with Crippen LogP contribution in [-0.2, 0) is 0 Å². The molecule has 0 aliphatic rings. The number of hydrogen-bond acceptors (Lipinski definition) is 5. The molecule has 1 aromatic heterocycles. The first-order valence-electron chi connectivity index (χ1n) is 8.87. The molecule has 2 aromatic carbocycles. The number of benzene rings is 2. The maximum absolute atomic E-state index is 13.3. The van der Waals surface area contributed by atoms with E-state index in [1.807, 2.05) is 49.5 Å². The van der Waals surface area contributed by atoms with E-state index in [0.29, 0.717) is 12.1 Å². The minimum Gasteiger partial charge on any atom is -0.308 e. The standard InChI is InChI=1S/C21H25N3OS2/c1-14-11-15(2)19-18(12-14)22-21(27-19)24(10-9-23(3)4)20(25)16-7-6-8-17(13-16)26-5/h6-8,11-13H,9-10H2,1-5H3. The number of amides is 1. The highest BCUT2D eigenvalue weighted by atomic mass is 32.2. The van der Waals surface area contributed by atoms with Crippen molar-refractivity contribution in [3.8, 4) is 0 Å². The summed E-state index contributed by atoms with van der Waals surface area (Å²) in [6.45, 7) is 5.56. The Bertz CT molecular complexity index is 965. The molecule has 3 rings (SSSR count). The summed E-state index contributed by atoms with van der Waals surface area (Å²) in [6, 6.07) is 12.1. The molecule has 0 fully saturated rings. The van der Waals surface area contributed by atoms with Crippen molar-refractivity contribution in [3.05, 3.63) is 53.1 Å². The van der Waals surface area contributed by atoms with Crippen LogP contribution in [0, 0.1) is 13.8 Å². The Morgan fingerprint density at radius 3 is 2.63 bits per heavy atom. The van der Waals surface area contributed by atoms with Crippen molar-refractivity contribution in [1.82, 2.24) is 9.88 Å². The third-order valence-electron chi connectivity index (χ3n) is 4.37. The quantitative estimate of drug-likeness (QED) is 0.556. The summed E-state index contributed by atoms with van der Waals surface area (Å²) in [5.74, 6) is 0.00109. The molecule has 0 unspecified atom stereocenters. The van der Waals surface area contributed by atoms with Crippen LogP contribution >= 0.6 is 23.1 Å². The lowest BCUT2D eigenvalue weighted by Crippen LogP contribution is -2.36. The summed E-state index contributed by atoms with van der Waals surface area (Å²) in [6.07, 6.45) is 2.02. The molecule has 0 saturated heterocycles. The van der Waals surface area contributed by atoms with E-state index < -0.39 is 0 Å². The fourth-order valence-electron chi connectivity index (χ4n) is 2.98. The molecular weight excluding hydrogens is 374 g/mol. The number of fused-ring (bicyclic) bond motifs is 1.